The number of hydrogen-bond donors (Lipinski definition) is 4. The van der Waals surface area contributed by atoms with Gasteiger partial charge in [-0.15, -0.1) is 0 Å². The molecule has 0 aliphatic rings. The van der Waals surface area contributed by atoms with Crippen molar-refractivity contribution in [1.82, 2.24) is 21.5 Å². The van der Waals surface area contributed by atoms with Gasteiger partial charge in [0.15, 0.2) is 5.11 Å². The van der Waals surface area contributed by atoms with Crippen molar-refractivity contribution in [1.29, 1.82) is 0 Å². The monoisotopic (exact) mass is 356 g/mol. The summed E-state index contributed by atoms with van der Waals surface area (Å²) in [5, 5.41) is 6.35. The topological polar surface area (TPSA) is 82.3 Å². The van der Waals surface area contributed by atoms with Crippen molar-refractivity contribution < 1.29 is 9.59 Å². The summed E-state index contributed by atoms with van der Waals surface area (Å²) in [7, 11) is 0. The summed E-state index contributed by atoms with van der Waals surface area (Å²) in [4.78, 5) is 23.4. The van der Waals surface area contributed by atoms with Crippen LogP contribution in [0.15, 0.2) is 24.3 Å². The Kier molecular flexibility index (Phi) is 8.36. The van der Waals surface area contributed by atoms with Crippen LogP contribution in [-0.2, 0) is 4.79 Å². The second-order valence-corrected chi connectivity index (χ2v) is 6.15. The van der Waals surface area contributed by atoms with Crippen molar-refractivity contribution in [2.45, 2.75) is 20.3 Å². The lowest BCUT2D eigenvalue weighted by Gasteiger charge is -2.12. The predicted molar refractivity (Wildman–Crippen MR) is 95.1 cm³/mol. The van der Waals surface area contributed by atoms with Crippen LogP contribution in [0.2, 0.25) is 5.02 Å². The summed E-state index contributed by atoms with van der Waals surface area (Å²) in [6.45, 7) is 4.79. The predicted octanol–water partition coefficient (Wildman–Crippen LogP) is 1.61. The number of nitrogens with one attached hydrogen (secondary N) is 4. The number of rotatable bonds is 6. The molecule has 8 heteroatoms. The molecule has 2 amide bonds. The van der Waals surface area contributed by atoms with Gasteiger partial charge in [0.2, 0.25) is 0 Å². The first-order chi connectivity index (χ1) is 10.9. The maximum absolute atomic E-state index is 11.8. The molecule has 1 aromatic carbocycles. The minimum Gasteiger partial charge on any atom is -0.361 e. The number of halogens is 1. The Morgan fingerprint density at radius 1 is 1.13 bits per heavy atom. The molecule has 126 valence electrons. The highest BCUT2D eigenvalue weighted by Gasteiger charge is 2.08. The zero-order valence-corrected chi connectivity index (χ0v) is 14.7. The summed E-state index contributed by atoms with van der Waals surface area (Å²) in [5.41, 5.74) is 5.42. The molecule has 0 fully saturated rings. The van der Waals surface area contributed by atoms with Crippen LogP contribution in [0.4, 0.5) is 0 Å². The molecule has 0 aliphatic carbocycles. The van der Waals surface area contributed by atoms with Crippen molar-refractivity contribution in [3.63, 3.8) is 0 Å². The van der Waals surface area contributed by atoms with Gasteiger partial charge in [0.25, 0.3) is 11.8 Å². The summed E-state index contributed by atoms with van der Waals surface area (Å²) in [6, 6.07) is 6.39. The van der Waals surface area contributed by atoms with Crippen LogP contribution in [0.3, 0.4) is 0 Å². The molecule has 0 bridgehead atoms. The fourth-order valence-electron chi connectivity index (χ4n) is 1.55. The van der Waals surface area contributed by atoms with E-state index >= 15 is 0 Å². The minimum atomic E-state index is -0.402. The molecule has 0 unspecified atom stereocenters. The lowest BCUT2D eigenvalue weighted by molar-refractivity contribution is -0.120. The molecule has 0 atom stereocenters. The van der Waals surface area contributed by atoms with Gasteiger partial charge < -0.3 is 10.6 Å². The molecule has 1 rings (SSSR count). The Morgan fingerprint density at radius 3 is 2.39 bits per heavy atom. The first kappa shape index (κ1) is 19.2. The fourth-order valence-corrected chi connectivity index (χ4v) is 1.83. The largest absolute Gasteiger partial charge is 0.361 e. The molecule has 1 aromatic rings. The van der Waals surface area contributed by atoms with E-state index in [0.717, 1.165) is 13.0 Å². The van der Waals surface area contributed by atoms with E-state index in [-0.39, 0.29) is 12.5 Å². The second-order valence-electron chi connectivity index (χ2n) is 5.30. The third kappa shape index (κ3) is 8.37. The van der Waals surface area contributed by atoms with E-state index in [0.29, 0.717) is 21.6 Å². The molecule has 23 heavy (non-hydrogen) atoms. The van der Waals surface area contributed by atoms with Crippen LogP contribution in [0.5, 0.6) is 0 Å². The number of benzene rings is 1. The van der Waals surface area contributed by atoms with Crippen LogP contribution in [-0.4, -0.2) is 30.0 Å². The smallest absolute Gasteiger partial charge is 0.257 e. The molecule has 6 nitrogen and oxygen atoms in total. The number of hydrogen-bond acceptors (Lipinski definition) is 3. The van der Waals surface area contributed by atoms with Crippen LogP contribution in [0, 0.1) is 5.92 Å². The summed E-state index contributed by atoms with van der Waals surface area (Å²) in [6.07, 6.45) is 0.979. The average molecular weight is 357 g/mol. The third-order valence-electron chi connectivity index (χ3n) is 2.84. The maximum atomic E-state index is 11.8. The van der Waals surface area contributed by atoms with E-state index in [4.69, 9.17) is 23.8 Å². The quantitative estimate of drug-likeness (QED) is 0.460. The van der Waals surface area contributed by atoms with Gasteiger partial charge in [0, 0.05) is 17.1 Å². The van der Waals surface area contributed by atoms with Crippen molar-refractivity contribution in [2.75, 3.05) is 13.1 Å². The third-order valence-corrected chi connectivity index (χ3v) is 3.34. The first-order valence-corrected chi connectivity index (χ1v) is 8.03. The van der Waals surface area contributed by atoms with Crippen molar-refractivity contribution in [3.8, 4) is 0 Å². The van der Waals surface area contributed by atoms with Crippen LogP contribution < -0.4 is 21.5 Å². The van der Waals surface area contributed by atoms with Gasteiger partial charge in [0.1, 0.15) is 0 Å². The Hall–Kier alpha value is -1.86. The highest BCUT2D eigenvalue weighted by atomic mass is 35.5. The van der Waals surface area contributed by atoms with Crippen molar-refractivity contribution >= 4 is 40.7 Å². The Morgan fingerprint density at radius 2 is 1.78 bits per heavy atom. The van der Waals surface area contributed by atoms with E-state index < -0.39 is 5.91 Å². The van der Waals surface area contributed by atoms with Crippen molar-refractivity contribution in [2.24, 2.45) is 5.92 Å². The van der Waals surface area contributed by atoms with E-state index in [2.05, 4.69) is 35.3 Å². The number of thiocarbonyl (C=S) groups is 1. The van der Waals surface area contributed by atoms with E-state index in [1.165, 1.54) is 0 Å². The minimum absolute atomic E-state index is 0.164. The van der Waals surface area contributed by atoms with E-state index in [1.54, 1.807) is 24.3 Å². The molecule has 0 saturated carbocycles. The van der Waals surface area contributed by atoms with Gasteiger partial charge in [0.05, 0.1) is 6.54 Å². The molecule has 0 heterocycles. The number of carbonyl (C=O) groups excluding carboxylic acids is 2. The van der Waals surface area contributed by atoms with Crippen LogP contribution in [0.25, 0.3) is 0 Å². The summed E-state index contributed by atoms with van der Waals surface area (Å²) in [5.74, 6) is -0.183. The second kappa shape index (κ2) is 10.0. The highest BCUT2D eigenvalue weighted by Crippen LogP contribution is 2.09. The SMILES string of the molecule is CC(C)CCNC(=S)NNC(=O)CNC(=O)c1ccc(Cl)cc1. The first-order valence-electron chi connectivity index (χ1n) is 7.25. The Balaban J connectivity index is 2.22. The number of carbonyl (C=O) groups is 2. The molecular weight excluding hydrogens is 336 g/mol. The van der Waals surface area contributed by atoms with Crippen molar-refractivity contribution in [3.05, 3.63) is 34.9 Å². The number of amides is 2. The zero-order valence-electron chi connectivity index (χ0n) is 13.1. The average Bonchev–Trinajstić information content (AvgIpc) is 2.51. The lowest BCUT2D eigenvalue weighted by Crippen LogP contribution is -2.49. The molecule has 0 radical (unpaired) electrons. The molecule has 0 aromatic heterocycles. The molecule has 0 spiro atoms. The normalized spacial score (nSPS) is 10.1. The molecule has 4 N–H and O–H groups in total. The lowest BCUT2D eigenvalue weighted by atomic mass is 10.1. The molecule has 0 saturated heterocycles. The molecule has 0 aliphatic heterocycles. The van der Waals surface area contributed by atoms with Gasteiger partial charge in [-0.3, -0.25) is 20.4 Å². The van der Waals surface area contributed by atoms with E-state index in [1.807, 2.05) is 0 Å². The number of hydrazine groups is 1. The summed E-state index contributed by atoms with van der Waals surface area (Å²) < 4.78 is 0. The maximum Gasteiger partial charge on any atom is 0.257 e. The van der Waals surface area contributed by atoms with Gasteiger partial charge in [-0.25, -0.2) is 0 Å². The van der Waals surface area contributed by atoms with Gasteiger partial charge in [-0.1, -0.05) is 25.4 Å². The van der Waals surface area contributed by atoms with Gasteiger partial charge in [-0.2, -0.15) is 0 Å². The standard InChI is InChI=1S/C15H21ClN4O2S/c1-10(2)7-8-17-15(23)20-19-13(21)9-18-14(22)11-3-5-12(16)6-4-11/h3-6,10H,7-9H2,1-2H3,(H,18,22)(H,19,21)(H2,17,20,23). The zero-order chi connectivity index (χ0) is 17.2. The Bertz CT molecular complexity index is 549. The van der Waals surface area contributed by atoms with Gasteiger partial charge >= 0.3 is 0 Å². The Labute approximate surface area is 146 Å². The van der Waals surface area contributed by atoms with Crippen LogP contribution >= 0.6 is 23.8 Å². The van der Waals surface area contributed by atoms with Crippen LogP contribution in [0.1, 0.15) is 30.6 Å². The van der Waals surface area contributed by atoms with Gasteiger partial charge in [-0.05, 0) is 48.8 Å². The highest BCUT2D eigenvalue weighted by molar-refractivity contribution is 7.80. The fraction of sp³-hybridized carbons (Fsp3) is 0.400. The molecular formula is C15H21ClN4O2S. The summed E-state index contributed by atoms with van der Waals surface area (Å²) >= 11 is 10.8. The van der Waals surface area contributed by atoms with E-state index in [9.17, 15) is 9.59 Å².